The molecule has 0 N–H and O–H groups in total. The van der Waals surface area contributed by atoms with Crippen LogP contribution in [0.1, 0.15) is 36.0 Å². The first-order chi connectivity index (χ1) is 11.2. The quantitative estimate of drug-likeness (QED) is 0.623. The van der Waals surface area contributed by atoms with Crippen molar-refractivity contribution < 1.29 is 19.1 Å². The van der Waals surface area contributed by atoms with Gasteiger partial charge < -0.3 is 9.47 Å². The lowest BCUT2D eigenvalue weighted by molar-refractivity contribution is -0.147. The third kappa shape index (κ3) is 3.52. The Labute approximate surface area is 135 Å². The topological polar surface area (TPSA) is 52.6 Å². The number of esters is 1. The molecular formula is C19H20O4. The van der Waals surface area contributed by atoms with E-state index in [2.05, 4.69) is 0 Å². The summed E-state index contributed by atoms with van der Waals surface area (Å²) in [6, 6.07) is 11.1. The molecule has 120 valence electrons. The molecule has 1 fully saturated rings. The Morgan fingerprint density at radius 2 is 1.74 bits per heavy atom. The lowest BCUT2D eigenvalue weighted by Gasteiger charge is -2.09. The molecule has 0 unspecified atom stereocenters. The fraction of sp³-hybridized carbons (Fsp3) is 0.368. The third-order valence-corrected chi connectivity index (χ3v) is 4.40. The van der Waals surface area contributed by atoms with Crippen LogP contribution in [0.4, 0.5) is 0 Å². The van der Waals surface area contributed by atoms with Crippen LogP contribution in [0.25, 0.3) is 10.8 Å². The summed E-state index contributed by atoms with van der Waals surface area (Å²) in [5, 5.41) is 1.96. The summed E-state index contributed by atoms with van der Waals surface area (Å²) in [5.74, 6) is 0.351. The molecule has 0 atom stereocenters. The first kappa shape index (κ1) is 15.5. The molecule has 1 aliphatic rings. The number of methoxy groups -OCH3 is 1. The second-order valence-electron chi connectivity index (χ2n) is 5.94. The Kier molecular flexibility index (Phi) is 4.60. The molecule has 0 bridgehead atoms. The molecule has 1 aliphatic carbocycles. The standard InChI is InChI=1S/C19H20O4/c1-22-17-9-8-14-10-16(7-6-15(14)11-17)18(20)12-23-19(21)13-4-2-3-5-13/h6-11,13H,2-5,12H2,1H3. The number of hydrogen-bond acceptors (Lipinski definition) is 4. The molecule has 0 aliphatic heterocycles. The number of rotatable bonds is 5. The van der Waals surface area contributed by atoms with E-state index in [9.17, 15) is 9.59 Å². The van der Waals surface area contributed by atoms with Gasteiger partial charge in [-0.05, 0) is 41.8 Å². The van der Waals surface area contributed by atoms with E-state index >= 15 is 0 Å². The molecule has 0 spiro atoms. The Morgan fingerprint density at radius 1 is 1.04 bits per heavy atom. The molecule has 2 aromatic rings. The van der Waals surface area contributed by atoms with E-state index < -0.39 is 0 Å². The smallest absolute Gasteiger partial charge is 0.309 e. The lowest BCUT2D eigenvalue weighted by Crippen LogP contribution is -2.19. The van der Waals surface area contributed by atoms with E-state index in [1.807, 2.05) is 30.3 Å². The van der Waals surface area contributed by atoms with Crippen molar-refractivity contribution in [2.75, 3.05) is 13.7 Å². The van der Waals surface area contributed by atoms with Crippen LogP contribution in [0.2, 0.25) is 0 Å². The Bertz CT molecular complexity index is 729. The van der Waals surface area contributed by atoms with E-state index in [0.29, 0.717) is 5.56 Å². The van der Waals surface area contributed by atoms with Crippen molar-refractivity contribution in [3.05, 3.63) is 42.0 Å². The van der Waals surface area contributed by atoms with Crippen LogP contribution in [0, 0.1) is 5.92 Å². The van der Waals surface area contributed by atoms with Gasteiger partial charge in [-0.2, -0.15) is 0 Å². The molecule has 0 amide bonds. The van der Waals surface area contributed by atoms with E-state index in [1.54, 1.807) is 13.2 Å². The molecule has 3 rings (SSSR count). The Balaban J connectivity index is 1.67. The van der Waals surface area contributed by atoms with Crippen LogP contribution in [0.5, 0.6) is 5.75 Å². The van der Waals surface area contributed by atoms with Crippen molar-refractivity contribution in [3.8, 4) is 5.75 Å². The summed E-state index contributed by atoms with van der Waals surface area (Å²) in [6.07, 6.45) is 3.90. The van der Waals surface area contributed by atoms with Crippen LogP contribution in [0.15, 0.2) is 36.4 Å². The Morgan fingerprint density at radius 3 is 2.48 bits per heavy atom. The van der Waals surface area contributed by atoms with E-state index in [0.717, 1.165) is 42.2 Å². The first-order valence-electron chi connectivity index (χ1n) is 7.95. The minimum Gasteiger partial charge on any atom is -0.497 e. The average molecular weight is 312 g/mol. The van der Waals surface area contributed by atoms with Crippen LogP contribution in [0.3, 0.4) is 0 Å². The number of fused-ring (bicyclic) bond motifs is 1. The predicted molar refractivity (Wildman–Crippen MR) is 87.7 cm³/mol. The number of carbonyl (C=O) groups excluding carboxylic acids is 2. The summed E-state index contributed by atoms with van der Waals surface area (Å²) >= 11 is 0. The van der Waals surface area contributed by atoms with Crippen LogP contribution in [-0.2, 0) is 9.53 Å². The average Bonchev–Trinajstić information content (AvgIpc) is 3.13. The first-order valence-corrected chi connectivity index (χ1v) is 7.95. The van der Waals surface area contributed by atoms with Crippen LogP contribution >= 0.6 is 0 Å². The number of carbonyl (C=O) groups is 2. The fourth-order valence-corrected chi connectivity index (χ4v) is 3.02. The molecule has 4 heteroatoms. The third-order valence-electron chi connectivity index (χ3n) is 4.40. The zero-order valence-electron chi connectivity index (χ0n) is 13.2. The second kappa shape index (κ2) is 6.82. The van der Waals surface area contributed by atoms with Crippen molar-refractivity contribution >= 4 is 22.5 Å². The van der Waals surface area contributed by atoms with Crippen molar-refractivity contribution in [3.63, 3.8) is 0 Å². The number of benzene rings is 2. The molecule has 4 nitrogen and oxygen atoms in total. The predicted octanol–water partition coefficient (Wildman–Crippen LogP) is 3.76. The maximum Gasteiger partial charge on any atom is 0.309 e. The minimum atomic E-state index is -0.235. The SMILES string of the molecule is COc1ccc2cc(C(=O)COC(=O)C3CCCC3)ccc2c1. The zero-order chi connectivity index (χ0) is 16.2. The zero-order valence-corrected chi connectivity index (χ0v) is 13.2. The Hall–Kier alpha value is -2.36. The molecular weight excluding hydrogens is 292 g/mol. The van der Waals surface area contributed by atoms with Gasteiger partial charge in [0.15, 0.2) is 12.4 Å². The molecule has 23 heavy (non-hydrogen) atoms. The summed E-state index contributed by atoms with van der Waals surface area (Å²) in [5.41, 5.74) is 0.557. The van der Waals surface area contributed by atoms with Gasteiger partial charge in [0.2, 0.25) is 0 Å². The van der Waals surface area contributed by atoms with Gasteiger partial charge in [-0.1, -0.05) is 31.0 Å². The summed E-state index contributed by atoms with van der Waals surface area (Å²) in [4.78, 5) is 24.1. The van der Waals surface area contributed by atoms with Gasteiger partial charge >= 0.3 is 5.97 Å². The van der Waals surface area contributed by atoms with Gasteiger partial charge in [0.05, 0.1) is 13.0 Å². The summed E-state index contributed by atoms with van der Waals surface area (Å²) < 4.78 is 10.4. The van der Waals surface area contributed by atoms with Crippen molar-refractivity contribution in [1.29, 1.82) is 0 Å². The van der Waals surface area contributed by atoms with Gasteiger partial charge in [-0.25, -0.2) is 0 Å². The monoisotopic (exact) mass is 312 g/mol. The lowest BCUT2D eigenvalue weighted by atomic mass is 10.0. The highest BCUT2D eigenvalue weighted by molar-refractivity contribution is 6.01. The molecule has 0 radical (unpaired) electrons. The molecule has 2 aromatic carbocycles. The van der Waals surface area contributed by atoms with Gasteiger partial charge in [0.1, 0.15) is 5.75 Å². The van der Waals surface area contributed by atoms with Gasteiger partial charge in [0, 0.05) is 5.56 Å². The van der Waals surface area contributed by atoms with E-state index in [1.165, 1.54) is 0 Å². The number of hydrogen-bond donors (Lipinski definition) is 0. The molecule has 0 aromatic heterocycles. The van der Waals surface area contributed by atoms with Crippen molar-refractivity contribution in [2.45, 2.75) is 25.7 Å². The maximum atomic E-state index is 12.2. The highest BCUT2D eigenvalue weighted by Crippen LogP contribution is 2.26. The van der Waals surface area contributed by atoms with Crippen molar-refractivity contribution in [1.82, 2.24) is 0 Å². The minimum absolute atomic E-state index is 0.0214. The fourth-order valence-electron chi connectivity index (χ4n) is 3.02. The largest absolute Gasteiger partial charge is 0.497 e. The maximum absolute atomic E-state index is 12.2. The molecule has 0 heterocycles. The van der Waals surface area contributed by atoms with Crippen molar-refractivity contribution in [2.24, 2.45) is 5.92 Å². The molecule has 0 saturated heterocycles. The number of Topliss-reactive ketones (excluding diaryl/α,β-unsaturated/α-hetero) is 1. The van der Waals surface area contributed by atoms with E-state index in [-0.39, 0.29) is 24.3 Å². The molecule has 1 saturated carbocycles. The second-order valence-corrected chi connectivity index (χ2v) is 5.94. The number of ketones is 1. The highest BCUT2D eigenvalue weighted by Gasteiger charge is 2.24. The number of ether oxygens (including phenoxy) is 2. The summed E-state index contributed by atoms with van der Waals surface area (Å²) in [7, 11) is 1.62. The highest BCUT2D eigenvalue weighted by atomic mass is 16.5. The van der Waals surface area contributed by atoms with Crippen LogP contribution in [-0.4, -0.2) is 25.5 Å². The van der Waals surface area contributed by atoms with Gasteiger partial charge in [-0.3, -0.25) is 9.59 Å². The van der Waals surface area contributed by atoms with E-state index in [4.69, 9.17) is 9.47 Å². The van der Waals surface area contributed by atoms with Crippen LogP contribution < -0.4 is 4.74 Å². The normalized spacial score (nSPS) is 14.8. The summed E-state index contributed by atoms with van der Waals surface area (Å²) in [6.45, 7) is -0.184. The van der Waals surface area contributed by atoms with Gasteiger partial charge in [0.25, 0.3) is 0 Å². The van der Waals surface area contributed by atoms with Gasteiger partial charge in [-0.15, -0.1) is 0 Å².